The highest BCUT2D eigenvalue weighted by Crippen LogP contribution is 2.14. The lowest BCUT2D eigenvalue weighted by molar-refractivity contribution is 0.693. The van der Waals surface area contributed by atoms with E-state index in [9.17, 15) is 0 Å². The van der Waals surface area contributed by atoms with Crippen molar-refractivity contribution in [1.82, 2.24) is 5.32 Å². The molecule has 2 heteroatoms. The molecular formula is C17H22N2. The van der Waals surface area contributed by atoms with Crippen LogP contribution in [-0.2, 0) is 13.1 Å². The highest BCUT2D eigenvalue weighted by molar-refractivity contribution is 5.40. The normalized spacial score (nSPS) is 10.9. The van der Waals surface area contributed by atoms with Crippen LogP contribution in [0.2, 0.25) is 0 Å². The van der Waals surface area contributed by atoms with Crippen LogP contribution in [0.1, 0.15) is 36.5 Å². The Labute approximate surface area is 115 Å². The van der Waals surface area contributed by atoms with Gasteiger partial charge in [-0.2, -0.15) is 0 Å². The number of rotatable bonds is 5. The van der Waals surface area contributed by atoms with E-state index in [-0.39, 0.29) is 0 Å². The summed E-state index contributed by atoms with van der Waals surface area (Å²) in [7, 11) is 0. The Morgan fingerprint density at radius 1 is 0.947 bits per heavy atom. The number of benzene rings is 2. The van der Waals surface area contributed by atoms with Gasteiger partial charge in [0, 0.05) is 18.8 Å². The molecule has 2 aromatic rings. The van der Waals surface area contributed by atoms with E-state index in [0.29, 0.717) is 5.92 Å². The first-order valence-electron chi connectivity index (χ1n) is 6.79. The molecule has 3 N–H and O–H groups in total. The second kappa shape index (κ2) is 6.39. The van der Waals surface area contributed by atoms with Gasteiger partial charge in [0.05, 0.1) is 0 Å². The summed E-state index contributed by atoms with van der Waals surface area (Å²) < 4.78 is 0. The zero-order valence-electron chi connectivity index (χ0n) is 11.7. The Morgan fingerprint density at radius 2 is 1.63 bits per heavy atom. The van der Waals surface area contributed by atoms with Crippen LogP contribution in [0.3, 0.4) is 0 Å². The highest BCUT2D eigenvalue weighted by atomic mass is 14.8. The predicted molar refractivity (Wildman–Crippen MR) is 81.9 cm³/mol. The van der Waals surface area contributed by atoms with Gasteiger partial charge in [-0.25, -0.2) is 0 Å². The van der Waals surface area contributed by atoms with Crippen LogP contribution >= 0.6 is 0 Å². The number of anilines is 1. The van der Waals surface area contributed by atoms with Crippen molar-refractivity contribution >= 4 is 5.69 Å². The Bertz CT molecular complexity index is 515. The van der Waals surface area contributed by atoms with E-state index >= 15 is 0 Å². The molecule has 0 fully saturated rings. The van der Waals surface area contributed by atoms with E-state index < -0.39 is 0 Å². The largest absolute Gasteiger partial charge is 0.399 e. The topological polar surface area (TPSA) is 38.0 Å². The second-order valence-corrected chi connectivity index (χ2v) is 5.24. The SMILES string of the molecule is CC(C)c1ccc(CNCc2cccc(N)c2)cc1. The van der Waals surface area contributed by atoms with Crippen molar-refractivity contribution in [1.29, 1.82) is 0 Å². The van der Waals surface area contributed by atoms with Crippen LogP contribution < -0.4 is 11.1 Å². The van der Waals surface area contributed by atoms with Crippen molar-refractivity contribution in [3.05, 3.63) is 65.2 Å². The predicted octanol–water partition coefficient (Wildman–Crippen LogP) is 3.68. The number of nitrogen functional groups attached to an aromatic ring is 1. The molecule has 0 saturated heterocycles. The molecule has 0 aliphatic rings. The third-order valence-electron chi connectivity index (χ3n) is 3.26. The molecule has 0 saturated carbocycles. The van der Waals surface area contributed by atoms with Crippen molar-refractivity contribution in [2.24, 2.45) is 0 Å². The van der Waals surface area contributed by atoms with Gasteiger partial charge in [-0.1, -0.05) is 50.2 Å². The van der Waals surface area contributed by atoms with Crippen LogP contribution in [-0.4, -0.2) is 0 Å². The summed E-state index contributed by atoms with van der Waals surface area (Å²) in [6.07, 6.45) is 0. The standard InChI is InChI=1S/C17H22N2/c1-13(2)16-8-6-14(7-9-16)11-19-12-15-4-3-5-17(18)10-15/h3-10,13,19H,11-12,18H2,1-2H3. The van der Waals surface area contributed by atoms with E-state index in [4.69, 9.17) is 5.73 Å². The lowest BCUT2D eigenvalue weighted by Crippen LogP contribution is -2.12. The third kappa shape index (κ3) is 4.11. The van der Waals surface area contributed by atoms with Gasteiger partial charge in [-0.15, -0.1) is 0 Å². The van der Waals surface area contributed by atoms with Crippen molar-refractivity contribution in [3.63, 3.8) is 0 Å². The fraction of sp³-hybridized carbons (Fsp3) is 0.294. The van der Waals surface area contributed by atoms with Crippen LogP contribution in [0.15, 0.2) is 48.5 Å². The molecule has 100 valence electrons. The van der Waals surface area contributed by atoms with Gasteiger partial charge in [0.25, 0.3) is 0 Å². The van der Waals surface area contributed by atoms with Gasteiger partial charge in [0.1, 0.15) is 0 Å². The van der Waals surface area contributed by atoms with E-state index in [1.54, 1.807) is 0 Å². The molecule has 0 unspecified atom stereocenters. The molecule has 2 aromatic carbocycles. The van der Waals surface area contributed by atoms with Gasteiger partial charge >= 0.3 is 0 Å². The lowest BCUT2D eigenvalue weighted by Gasteiger charge is -2.08. The molecule has 2 nitrogen and oxygen atoms in total. The molecule has 0 atom stereocenters. The fourth-order valence-electron chi connectivity index (χ4n) is 2.07. The minimum atomic E-state index is 0.592. The van der Waals surface area contributed by atoms with Crippen molar-refractivity contribution < 1.29 is 0 Å². The fourth-order valence-corrected chi connectivity index (χ4v) is 2.07. The average molecular weight is 254 g/mol. The molecule has 0 aliphatic heterocycles. The quantitative estimate of drug-likeness (QED) is 0.799. The Kier molecular flexibility index (Phi) is 4.58. The Morgan fingerprint density at radius 3 is 2.26 bits per heavy atom. The molecule has 0 bridgehead atoms. The van der Waals surface area contributed by atoms with E-state index in [1.807, 2.05) is 18.2 Å². The second-order valence-electron chi connectivity index (χ2n) is 5.24. The molecule has 0 heterocycles. The molecule has 2 rings (SSSR count). The number of hydrogen-bond donors (Lipinski definition) is 2. The van der Waals surface area contributed by atoms with Crippen molar-refractivity contribution in [2.45, 2.75) is 32.9 Å². The summed E-state index contributed by atoms with van der Waals surface area (Å²) >= 11 is 0. The summed E-state index contributed by atoms with van der Waals surface area (Å²) in [5.74, 6) is 0.592. The molecule has 0 radical (unpaired) electrons. The van der Waals surface area contributed by atoms with E-state index in [0.717, 1.165) is 18.8 Å². The summed E-state index contributed by atoms with van der Waals surface area (Å²) in [6.45, 7) is 6.16. The maximum Gasteiger partial charge on any atom is 0.0317 e. The molecule has 0 aliphatic carbocycles. The van der Waals surface area contributed by atoms with Crippen molar-refractivity contribution in [3.8, 4) is 0 Å². The minimum absolute atomic E-state index is 0.592. The lowest BCUT2D eigenvalue weighted by atomic mass is 10.0. The zero-order valence-corrected chi connectivity index (χ0v) is 11.7. The number of nitrogens with one attached hydrogen (secondary N) is 1. The molecule has 19 heavy (non-hydrogen) atoms. The summed E-state index contributed by atoms with van der Waals surface area (Å²) in [5, 5.41) is 3.44. The summed E-state index contributed by atoms with van der Waals surface area (Å²) in [4.78, 5) is 0. The third-order valence-corrected chi connectivity index (χ3v) is 3.26. The van der Waals surface area contributed by atoms with Crippen LogP contribution in [0.5, 0.6) is 0 Å². The first-order chi connectivity index (χ1) is 9.15. The Hall–Kier alpha value is -1.80. The molecule has 0 spiro atoms. The van der Waals surface area contributed by atoms with Crippen LogP contribution in [0.4, 0.5) is 5.69 Å². The number of nitrogens with two attached hydrogens (primary N) is 1. The van der Waals surface area contributed by atoms with Gasteiger partial charge in [0.2, 0.25) is 0 Å². The maximum atomic E-state index is 5.76. The molecular weight excluding hydrogens is 232 g/mol. The molecule has 0 aromatic heterocycles. The maximum absolute atomic E-state index is 5.76. The smallest absolute Gasteiger partial charge is 0.0317 e. The van der Waals surface area contributed by atoms with Crippen molar-refractivity contribution in [2.75, 3.05) is 5.73 Å². The van der Waals surface area contributed by atoms with E-state index in [2.05, 4.69) is 49.5 Å². The van der Waals surface area contributed by atoms with Gasteiger partial charge in [0.15, 0.2) is 0 Å². The summed E-state index contributed by atoms with van der Waals surface area (Å²) in [5.41, 5.74) is 10.5. The number of hydrogen-bond acceptors (Lipinski definition) is 2. The minimum Gasteiger partial charge on any atom is -0.399 e. The van der Waals surface area contributed by atoms with Gasteiger partial charge in [-0.05, 0) is 34.7 Å². The van der Waals surface area contributed by atoms with E-state index in [1.165, 1.54) is 16.7 Å². The zero-order chi connectivity index (χ0) is 13.7. The van der Waals surface area contributed by atoms with Crippen LogP contribution in [0, 0.1) is 0 Å². The van der Waals surface area contributed by atoms with Gasteiger partial charge < -0.3 is 11.1 Å². The molecule has 0 amide bonds. The first-order valence-corrected chi connectivity index (χ1v) is 6.79. The Balaban J connectivity index is 1.85. The summed E-state index contributed by atoms with van der Waals surface area (Å²) in [6, 6.07) is 16.8. The van der Waals surface area contributed by atoms with Gasteiger partial charge in [-0.3, -0.25) is 0 Å². The van der Waals surface area contributed by atoms with Crippen LogP contribution in [0.25, 0.3) is 0 Å². The highest BCUT2D eigenvalue weighted by Gasteiger charge is 1.99. The average Bonchev–Trinajstić information content (AvgIpc) is 2.39. The first kappa shape index (κ1) is 13.6. The monoisotopic (exact) mass is 254 g/mol.